The summed E-state index contributed by atoms with van der Waals surface area (Å²) in [7, 11) is 0. The van der Waals surface area contributed by atoms with Crippen LogP contribution in [0.1, 0.15) is 48.9 Å². The highest BCUT2D eigenvalue weighted by Crippen LogP contribution is 2.51. The number of aromatic nitrogens is 4. The number of ether oxygens (including phenoxy) is 2. The molecule has 3 aromatic heterocycles. The van der Waals surface area contributed by atoms with Gasteiger partial charge in [0.15, 0.2) is 5.82 Å². The molecule has 0 aliphatic carbocycles. The molecule has 6 heterocycles. The average molecular weight is 736 g/mol. The van der Waals surface area contributed by atoms with Gasteiger partial charge >= 0.3 is 12.2 Å². The molecule has 3 aliphatic rings. The number of rotatable bonds is 6. The van der Waals surface area contributed by atoms with E-state index in [0.717, 1.165) is 19.0 Å². The van der Waals surface area contributed by atoms with Crippen LogP contribution in [0.2, 0.25) is 0 Å². The number of benzene rings is 1. The Balaban J connectivity index is 1.46. The first kappa shape index (κ1) is 32.5. The van der Waals surface area contributed by atoms with E-state index in [1.807, 2.05) is 17.9 Å². The summed E-state index contributed by atoms with van der Waals surface area (Å²) in [6.07, 6.45) is -2.47. The van der Waals surface area contributed by atoms with Crippen molar-refractivity contribution in [1.82, 2.24) is 24.8 Å². The number of nitrogens with two attached hydrogens (primary N) is 2. The molecular formula is C32H32BrF5N8O2. The molecule has 16 heteroatoms. The molecule has 3 aliphatic heterocycles. The number of nitrogens with zero attached hydrogens (tertiary/aromatic N) is 6. The van der Waals surface area contributed by atoms with Crippen LogP contribution in [0.4, 0.5) is 39.4 Å². The third-order valence-electron chi connectivity index (χ3n) is 9.57. The molecule has 3 atom stereocenters. The molecule has 0 saturated carbocycles. The smallest absolute Gasteiger partial charge is 0.418 e. The minimum Gasteiger partial charge on any atom is -0.490 e. The molecule has 0 bridgehead atoms. The van der Waals surface area contributed by atoms with Gasteiger partial charge in [0, 0.05) is 24.7 Å². The van der Waals surface area contributed by atoms with Gasteiger partial charge in [0.05, 0.1) is 44.8 Å². The lowest BCUT2D eigenvalue weighted by Crippen LogP contribution is -2.43. The van der Waals surface area contributed by atoms with Gasteiger partial charge in [0.25, 0.3) is 0 Å². The second-order valence-corrected chi connectivity index (χ2v) is 13.3. The first-order valence-electron chi connectivity index (χ1n) is 15.5. The number of fused-ring (bicyclic) bond motifs is 1. The topological polar surface area (TPSA) is 129 Å². The van der Waals surface area contributed by atoms with Crippen LogP contribution in [-0.4, -0.2) is 69.4 Å². The SMILES string of the molecule is Cc1cc(N)nc(-c2c(Br)c3c4c(nc(OC[C@@]56CCCN5C[C@H](F)C6)nc4c2F)N([C@H](C)c2cccnc2N)CCO3)c1C(F)(F)F. The Morgan fingerprint density at radius 1 is 1.21 bits per heavy atom. The Bertz CT molecular complexity index is 1930. The lowest BCUT2D eigenvalue weighted by molar-refractivity contribution is -0.137. The van der Waals surface area contributed by atoms with Gasteiger partial charge in [-0.2, -0.15) is 23.1 Å². The summed E-state index contributed by atoms with van der Waals surface area (Å²) in [4.78, 5) is 21.2. The van der Waals surface area contributed by atoms with Crippen molar-refractivity contribution in [1.29, 1.82) is 0 Å². The maximum absolute atomic E-state index is 17.0. The highest BCUT2D eigenvalue weighted by atomic mass is 79.9. The van der Waals surface area contributed by atoms with Crippen LogP contribution in [-0.2, 0) is 6.18 Å². The summed E-state index contributed by atoms with van der Waals surface area (Å²) in [6, 6.07) is 3.95. The van der Waals surface area contributed by atoms with Crippen molar-refractivity contribution in [3.8, 4) is 23.0 Å². The van der Waals surface area contributed by atoms with Gasteiger partial charge in [-0.3, -0.25) is 4.90 Å². The Kier molecular flexibility index (Phi) is 8.01. The van der Waals surface area contributed by atoms with Gasteiger partial charge in [-0.1, -0.05) is 6.07 Å². The zero-order valence-corrected chi connectivity index (χ0v) is 27.6. The molecule has 7 rings (SSSR count). The van der Waals surface area contributed by atoms with Crippen LogP contribution < -0.4 is 25.8 Å². The van der Waals surface area contributed by atoms with Crippen molar-refractivity contribution in [3.63, 3.8) is 0 Å². The molecule has 4 aromatic rings. The summed E-state index contributed by atoms with van der Waals surface area (Å²) in [5.74, 6) is -0.805. The zero-order chi connectivity index (χ0) is 34.1. The fourth-order valence-corrected chi connectivity index (χ4v) is 8.09. The van der Waals surface area contributed by atoms with Crippen molar-refractivity contribution in [2.24, 2.45) is 0 Å². The van der Waals surface area contributed by atoms with E-state index in [1.54, 1.807) is 12.3 Å². The van der Waals surface area contributed by atoms with E-state index in [0.29, 0.717) is 18.5 Å². The molecule has 0 radical (unpaired) electrons. The fourth-order valence-electron chi connectivity index (χ4n) is 7.42. The van der Waals surface area contributed by atoms with Crippen molar-refractivity contribution in [2.45, 2.75) is 57.0 Å². The number of halogens is 6. The van der Waals surface area contributed by atoms with E-state index in [4.69, 9.17) is 25.9 Å². The molecular weight excluding hydrogens is 703 g/mol. The largest absolute Gasteiger partial charge is 0.490 e. The summed E-state index contributed by atoms with van der Waals surface area (Å²) < 4.78 is 87.1. The standard InChI is InChI=1S/C32H32BrF5N8O2/c1-15-11-19(39)42-25(22(15)32(36,37)38)20-23(33)27-21-26(24(20)35)43-30(48-14-31-6-4-8-45(31)13-17(34)12-31)44-29(21)46(9-10-47-27)16(2)18-5-3-7-41-28(18)40/h3,5,7,11,16-17H,4,6,8-10,12-14H2,1-2H3,(H2,39,42)(H2,40,41)/t16-,17-,31+/m1/s1. The van der Waals surface area contributed by atoms with E-state index < -0.39 is 46.6 Å². The number of alkyl halides is 4. The molecule has 48 heavy (non-hydrogen) atoms. The number of pyridine rings is 2. The van der Waals surface area contributed by atoms with Gasteiger partial charge in [-0.05, 0) is 66.9 Å². The van der Waals surface area contributed by atoms with Gasteiger partial charge < -0.3 is 25.8 Å². The Hall–Kier alpha value is -4.05. The number of hydrogen-bond donors (Lipinski definition) is 2. The lowest BCUT2D eigenvalue weighted by Gasteiger charge is -2.32. The molecule has 2 saturated heterocycles. The minimum absolute atomic E-state index is 0.0310. The van der Waals surface area contributed by atoms with Crippen LogP contribution in [0.5, 0.6) is 11.8 Å². The van der Waals surface area contributed by atoms with E-state index >= 15 is 4.39 Å². The summed E-state index contributed by atoms with van der Waals surface area (Å²) in [6.45, 7) is 4.45. The molecule has 0 amide bonds. The first-order chi connectivity index (χ1) is 22.8. The van der Waals surface area contributed by atoms with Crippen LogP contribution in [0.15, 0.2) is 28.9 Å². The van der Waals surface area contributed by atoms with Crippen molar-refractivity contribution >= 4 is 44.3 Å². The minimum atomic E-state index is -4.89. The number of hydrogen-bond acceptors (Lipinski definition) is 10. The molecule has 2 fully saturated rings. The molecule has 0 unspecified atom stereocenters. The maximum atomic E-state index is 17.0. The fraction of sp³-hybridized carbons (Fsp3) is 0.438. The molecule has 1 aromatic carbocycles. The monoisotopic (exact) mass is 734 g/mol. The Morgan fingerprint density at radius 3 is 2.75 bits per heavy atom. The maximum Gasteiger partial charge on any atom is 0.418 e. The third kappa shape index (κ3) is 5.32. The Labute approximate surface area is 280 Å². The normalized spacial score (nSPS) is 21.7. The summed E-state index contributed by atoms with van der Waals surface area (Å²) in [5.41, 5.74) is 9.28. The van der Waals surface area contributed by atoms with E-state index in [1.165, 1.54) is 6.92 Å². The quantitative estimate of drug-likeness (QED) is 0.215. The summed E-state index contributed by atoms with van der Waals surface area (Å²) in [5, 5.41) is 0.113. The van der Waals surface area contributed by atoms with Crippen molar-refractivity contribution < 1.29 is 31.4 Å². The van der Waals surface area contributed by atoms with Gasteiger partial charge in [-0.15, -0.1) is 0 Å². The number of nitrogen functional groups attached to an aromatic ring is 2. The molecule has 4 N–H and O–H groups in total. The zero-order valence-electron chi connectivity index (χ0n) is 26.0. The van der Waals surface area contributed by atoms with E-state index in [9.17, 15) is 17.6 Å². The van der Waals surface area contributed by atoms with Gasteiger partial charge in [-0.25, -0.2) is 18.7 Å². The highest BCUT2D eigenvalue weighted by Gasteiger charge is 2.49. The van der Waals surface area contributed by atoms with Crippen molar-refractivity contribution in [2.75, 3.05) is 49.2 Å². The van der Waals surface area contributed by atoms with Gasteiger partial charge in [0.2, 0.25) is 0 Å². The van der Waals surface area contributed by atoms with Crippen molar-refractivity contribution in [3.05, 3.63) is 51.4 Å². The summed E-state index contributed by atoms with van der Waals surface area (Å²) >= 11 is 3.36. The van der Waals surface area contributed by atoms with Crippen LogP contribution in [0.25, 0.3) is 22.2 Å². The Morgan fingerprint density at radius 2 is 2.00 bits per heavy atom. The van der Waals surface area contributed by atoms with Crippen LogP contribution >= 0.6 is 15.9 Å². The molecule has 10 nitrogen and oxygen atoms in total. The lowest BCUT2D eigenvalue weighted by atomic mass is 9.95. The number of aryl methyl sites for hydroxylation is 1. The van der Waals surface area contributed by atoms with E-state index in [2.05, 4.69) is 35.8 Å². The van der Waals surface area contributed by atoms with Crippen LogP contribution in [0, 0.1) is 12.7 Å². The predicted molar refractivity (Wildman–Crippen MR) is 173 cm³/mol. The second-order valence-electron chi connectivity index (χ2n) is 12.5. The predicted octanol–water partition coefficient (Wildman–Crippen LogP) is 6.40. The van der Waals surface area contributed by atoms with Gasteiger partial charge in [0.1, 0.15) is 48.1 Å². The average Bonchev–Trinajstić information content (AvgIpc) is 3.46. The third-order valence-corrected chi connectivity index (χ3v) is 10.3. The first-order valence-corrected chi connectivity index (χ1v) is 16.3. The second kappa shape index (κ2) is 11.8. The molecule has 254 valence electrons. The highest BCUT2D eigenvalue weighted by molar-refractivity contribution is 9.10. The van der Waals surface area contributed by atoms with E-state index in [-0.39, 0.29) is 76.3 Å². The molecule has 0 spiro atoms. The van der Waals surface area contributed by atoms with Crippen LogP contribution in [0.3, 0.4) is 0 Å². The number of anilines is 3.